The monoisotopic (exact) mass is 245 g/mol. The molecule has 2 aromatic rings. The number of rotatable bonds is 4. The summed E-state index contributed by atoms with van der Waals surface area (Å²) in [4.78, 5) is 11.1. The van der Waals surface area contributed by atoms with Gasteiger partial charge in [0.1, 0.15) is 5.76 Å². The molecule has 0 saturated heterocycles. The van der Waals surface area contributed by atoms with Crippen molar-refractivity contribution in [3.05, 3.63) is 41.3 Å². The fourth-order valence-corrected chi connectivity index (χ4v) is 1.98. The highest BCUT2D eigenvalue weighted by atomic mass is 16.5. The first-order valence-electron chi connectivity index (χ1n) is 5.92. The van der Waals surface area contributed by atoms with Gasteiger partial charge in [0.05, 0.1) is 5.56 Å². The number of benzene rings is 1. The highest BCUT2D eigenvalue weighted by molar-refractivity contribution is 5.94. The first-order valence-corrected chi connectivity index (χ1v) is 5.92. The average Bonchev–Trinajstić information content (AvgIpc) is 2.73. The van der Waals surface area contributed by atoms with Gasteiger partial charge in [0.15, 0.2) is 5.69 Å². The minimum absolute atomic E-state index is 0.0317. The summed E-state index contributed by atoms with van der Waals surface area (Å²) in [6.07, 6.45) is 2.11. The summed E-state index contributed by atoms with van der Waals surface area (Å²) in [5.74, 6) is -0.546. The van der Waals surface area contributed by atoms with Crippen molar-refractivity contribution >= 4 is 5.97 Å². The van der Waals surface area contributed by atoms with Crippen LogP contribution in [0.3, 0.4) is 0 Å². The van der Waals surface area contributed by atoms with E-state index in [2.05, 4.69) is 12.1 Å². The Labute approximate surface area is 105 Å². The first kappa shape index (κ1) is 12.4. The van der Waals surface area contributed by atoms with Crippen molar-refractivity contribution in [3.63, 3.8) is 0 Å². The van der Waals surface area contributed by atoms with Crippen LogP contribution in [0.2, 0.25) is 0 Å². The summed E-state index contributed by atoms with van der Waals surface area (Å²) in [6, 6.07) is 7.85. The van der Waals surface area contributed by atoms with Crippen LogP contribution in [0.25, 0.3) is 11.1 Å². The summed E-state index contributed by atoms with van der Waals surface area (Å²) in [5.41, 5.74) is 2.60. The molecule has 1 N–H and O–H groups in total. The maximum Gasteiger partial charge on any atom is 0.358 e. The van der Waals surface area contributed by atoms with Crippen molar-refractivity contribution in [1.29, 1.82) is 0 Å². The molecule has 4 heteroatoms. The summed E-state index contributed by atoms with van der Waals surface area (Å²) in [7, 11) is 0. The minimum atomic E-state index is -1.07. The van der Waals surface area contributed by atoms with E-state index in [-0.39, 0.29) is 5.69 Å². The van der Waals surface area contributed by atoms with Gasteiger partial charge in [0.2, 0.25) is 0 Å². The Balaban J connectivity index is 2.42. The molecule has 4 nitrogen and oxygen atoms in total. The quantitative estimate of drug-likeness (QED) is 0.897. The number of carboxylic acids is 1. The van der Waals surface area contributed by atoms with Gasteiger partial charge in [-0.2, -0.15) is 0 Å². The van der Waals surface area contributed by atoms with Crippen LogP contribution in [0.4, 0.5) is 0 Å². The third kappa shape index (κ3) is 2.27. The largest absolute Gasteiger partial charge is 0.476 e. The molecular formula is C14H15NO3. The minimum Gasteiger partial charge on any atom is -0.476 e. The topological polar surface area (TPSA) is 63.3 Å². The molecule has 0 saturated carbocycles. The third-order valence-corrected chi connectivity index (χ3v) is 2.85. The molecule has 2 rings (SSSR count). The predicted octanol–water partition coefficient (Wildman–Crippen LogP) is 3.30. The van der Waals surface area contributed by atoms with E-state index in [0.29, 0.717) is 11.3 Å². The van der Waals surface area contributed by atoms with E-state index in [9.17, 15) is 4.79 Å². The molecule has 94 valence electrons. The standard InChI is InChI=1S/C14H15NO3/c1-3-4-10-5-7-11(8-6-10)12-9(2)18-15-13(12)14(16)17/h5-8H,3-4H2,1-2H3,(H,16,17). The Bertz CT molecular complexity index is 555. The highest BCUT2D eigenvalue weighted by Gasteiger charge is 2.20. The zero-order valence-corrected chi connectivity index (χ0v) is 10.4. The van der Waals surface area contributed by atoms with Crippen LogP contribution in [0.15, 0.2) is 28.8 Å². The van der Waals surface area contributed by atoms with E-state index >= 15 is 0 Å². The lowest BCUT2D eigenvalue weighted by atomic mass is 10.0. The summed E-state index contributed by atoms with van der Waals surface area (Å²) < 4.78 is 4.96. The van der Waals surface area contributed by atoms with Crippen molar-refractivity contribution in [2.75, 3.05) is 0 Å². The van der Waals surface area contributed by atoms with Crippen LogP contribution in [0, 0.1) is 6.92 Å². The number of nitrogens with zero attached hydrogens (tertiary/aromatic N) is 1. The molecule has 0 fully saturated rings. The summed E-state index contributed by atoms with van der Waals surface area (Å²) in [6.45, 7) is 3.84. The molecule has 0 spiro atoms. The van der Waals surface area contributed by atoms with Gasteiger partial charge >= 0.3 is 5.97 Å². The Morgan fingerprint density at radius 2 is 2.00 bits per heavy atom. The molecule has 0 aliphatic heterocycles. The Morgan fingerprint density at radius 1 is 1.33 bits per heavy atom. The van der Waals surface area contributed by atoms with E-state index in [1.54, 1.807) is 6.92 Å². The lowest BCUT2D eigenvalue weighted by Gasteiger charge is -2.02. The van der Waals surface area contributed by atoms with Crippen LogP contribution in [-0.2, 0) is 6.42 Å². The van der Waals surface area contributed by atoms with Gasteiger partial charge in [-0.25, -0.2) is 4.79 Å². The summed E-state index contributed by atoms with van der Waals surface area (Å²) in [5, 5.41) is 12.6. The molecule has 1 aromatic carbocycles. The molecule has 1 aromatic heterocycles. The number of aryl methyl sites for hydroxylation is 2. The second kappa shape index (κ2) is 5.04. The molecule has 1 heterocycles. The van der Waals surface area contributed by atoms with Crippen LogP contribution < -0.4 is 0 Å². The number of carbonyl (C=O) groups is 1. The number of carboxylic acid groups (broad SMARTS) is 1. The van der Waals surface area contributed by atoms with E-state index in [4.69, 9.17) is 9.63 Å². The Kier molecular flexibility index (Phi) is 3.46. The van der Waals surface area contributed by atoms with Gasteiger partial charge in [-0.1, -0.05) is 42.8 Å². The van der Waals surface area contributed by atoms with Crippen molar-refractivity contribution in [1.82, 2.24) is 5.16 Å². The maximum absolute atomic E-state index is 11.1. The predicted molar refractivity (Wildman–Crippen MR) is 67.6 cm³/mol. The van der Waals surface area contributed by atoms with Crippen LogP contribution in [0.1, 0.15) is 35.2 Å². The second-order valence-electron chi connectivity index (χ2n) is 4.21. The van der Waals surface area contributed by atoms with Crippen molar-refractivity contribution in [2.24, 2.45) is 0 Å². The van der Waals surface area contributed by atoms with Crippen LogP contribution in [-0.4, -0.2) is 16.2 Å². The number of aromatic carboxylic acids is 1. The summed E-state index contributed by atoms with van der Waals surface area (Å²) >= 11 is 0. The molecule has 18 heavy (non-hydrogen) atoms. The van der Waals surface area contributed by atoms with Crippen LogP contribution in [0.5, 0.6) is 0 Å². The second-order valence-corrected chi connectivity index (χ2v) is 4.21. The average molecular weight is 245 g/mol. The lowest BCUT2D eigenvalue weighted by molar-refractivity contribution is 0.0686. The molecular weight excluding hydrogens is 230 g/mol. The van der Waals surface area contributed by atoms with Gasteiger partial charge in [-0.15, -0.1) is 0 Å². The third-order valence-electron chi connectivity index (χ3n) is 2.85. The van der Waals surface area contributed by atoms with E-state index in [0.717, 1.165) is 18.4 Å². The van der Waals surface area contributed by atoms with Gasteiger partial charge in [-0.3, -0.25) is 0 Å². The fraction of sp³-hybridized carbons (Fsp3) is 0.286. The van der Waals surface area contributed by atoms with Gasteiger partial charge in [0, 0.05) is 0 Å². The number of aromatic nitrogens is 1. The normalized spacial score (nSPS) is 10.6. The van der Waals surface area contributed by atoms with E-state index in [1.165, 1.54) is 5.56 Å². The molecule has 0 unspecified atom stereocenters. The Hall–Kier alpha value is -2.10. The number of hydrogen-bond donors (Lipinski definition) is 1. The van der Waals surface area contributed by atoms with Crippen molar-refractivity contribution in [2.45, 2.75) is 26.7 Å². The van der Waals surface area contributed by atoms with Gasteiger partial charge in [0.25, 0.3) is 0 Å². The lowest BCUT2D eigenvalue weighted by Crippen LogP contribution is -1.99. The molecule has 0 bridgehead atoms. The molecule has 0 amide bonds. The van der Waals surface area contributed by atoms with Crippen LogP contribution >= 0.6 is 0 Å². The van der Waals surface area contributed by atoms with E-state index < -0.39 is 5.97 Å². The molecule has 0 atom stereocenters. The highest BCUT2D eigenvalue weighted by Crippen LogP contribution is 2.27. The molecule has 0 aliphatic carbocycles. The van der Waals surface area contributed by atoms with Gasteiger partial charge in [-0.05, 0) is 24.5 Å². The molecule has 0 radical (unpaired) electrons. The Morgan fingerprint density at radius 3 is 2.56 bits per heavy atom. The molecule has 0 aliphatic rings. The van der Waals surface area contributed by atoms with Gasteiger partial charge < -0.3 is 9.63 Å². The van der Waals surface area contributed by atoms with Crippen molar-refractivity contribution < 1.29 is 14.4 Å². The first-order chi connectivity index (χ1) is 8.63. The SMILES string of the molecule is CCCc1ccc(-c2c(C(=O)O)noc2C)cc1. The fourth-order valence-electron chi connectivity index (χ4n) is 1.98. The van der Waals surface area contributed by atoms with Crippen molar-refractivity contribution in [3.8, 4) is 11.1 Å². The zero-order valence-electron chi connectivity index (χ0n) is 10.4. The van der Waals surface area contributed by atoms with E-state index in [1.807, 2.05) is 24.3 Å². The maximum atomic E-state index is 11.1. The zero-order chi connectivity index (χ0) is 13.1. The smallest absolute Gasteiger partial charge is 0.358 e. The number of hydrogen-bond acceptors (Lipinski definition) is 3.